The molecule has 1 aromatic carbocycles. The molecule has 1 fully saturated rings. The Morgan fingerprint density at radius 1 is 1.38 bits per heavy atom. The summed E-state index contributed by atoms with van der Waals surface area (Å²) in [6.07, 6.45) is 1.05. The predicted octanol–water partition coefficient (Wildman–Crippen LogP) is 3.06. The number of nitrogens with one attached hydrogen (secondary N) is 1. The summed E-state index contributed by atoms with van der Waals surface area (Å²) >= 11 is 1.87. The van der Waals surface area contributed by atoms with E-state index in [0.717, 1.165) is 29.8 Å². The standard InChI is InChI=1S/C11H10F2N2S/c12-7-1-2-8-10(9(7)13)15-11(14-8)6-3-4-16-5-6/h1-2,6H,3-5H2,(H,14,15). The van der Waals surface area contributed by atoms with Gasteiger partial charge in [-0.3, -0.25) is 0 Å². The lowest BCUT2D eigenvalue weighted by atomic mass is 10.1. The molecule has 0 radical (unpaired) electrons. The van der Waals surface area contributed by atoms with Gasteiger partial charge in [0.15, 0.2) is 11.6 Å². The van der Waals surface area contributed by atoms with E-state index >= 15 is 0 Å². The highest BCUT2D eigenvalue weighted by molar-refractivity contribution is 7.99. The minimum Gasteiger partial charge on any atom is -0.342 e. The van der Waals surface area contributed by atoms with Crippen molar-refractivity contribution in [1.29, 1.82) is 0 Å². The van der Waals surface area contributed by atoms with Crippen LogP contribution in [-0.2, 0) is 0 Å². The summed E-state index contributed by atoms with van der Waals surface area (Å²) < 4.78 is 26.4. The fourth-order valence-corrected chi connectivity index (χ4v) is 3.21. The molecular formula is C11H10F2N2S. The first-order valence-corrected chi connectivity index (χ1v) is 6.32. The van der Waals surface area contributed by atoms with Gasteiger partial charge in [0, 0.05) is 11.7 Å². The lowest BCUT2D eigenvalue weighted by Crippen LogP contribution is -1.98. The van der Waals surface area contributed by atoms with Crippen LogP contribution in [0.5, 0.6) is 0 Å². The Morgan fingerprint density at radius 2 is 2.25 bits per heavy atom. The maximum atomic E-state index is 13.4. The third-order valence-electron chi connectivity index (χ3n) is 2.88. The van der Waals surface area contributed by atoms with Gasteiger partial charge in [0.05, 0.1) is 5.52 Å². The van der Waals surface area contributed by atoms with Crippen molar-refractivity contribution in [2.75, 3.05) is 11.5 Å². The van der Waals surface area contributed by atoms with Gasteiger partial charge >= 0.3 is 0 Å². The normalized spacial score (nSPS) is 20.8. The Labute approximate surface area is 95.4 Å². The van der Waals surface area contributed by atoms with Crippen LogP contribution in [0.1, 0.15) is 18.2 Å². The topological polar surface area (TPSA) is 28.7 Å². The average molecular weight is 240 g/mol. The third kappa shape index (κ3) is 1.50. The summed E-state index contributed by atoms with van der Waals surface area (Å²) in [7, 11) is 0. The monoisotopic (exact) mass is 240 g/mol. The summed E-state index contributed by atoms with van der Waals surface area (Å²) in [4.78, 5) is 7.25. The van der Waals surface area contributed by atoms with Crippen molar-refractivity contribution in [2.24, 2.45) is 0 Å². The number of thioether (sulfide) groups is 1. The maximum absolute atomic E-state index is 13.4. The number of hydrogen-bond donors (Lipinski definition) is 1. The minimum absolute atomic E-state index is 0.118. The quantitative estimate of drug-likeness (QED) is 0.829. The van der Waals surface area contributed by atoms with Crippen molar-refractivity contribution in [1.82, 2.24) is 9.97 Å². The lowest BCUT2D eigenvalue weighted by Gasteiger charge is -2.01. The fraction of sp³-hybridized carbons (Fsp3) is 0.364. The summed E-state index contributed by atoms with van der Waals surface area (Å²) in [6.45, 7) is 0. The fourth-order valence-electron chi connectivity index (χ4n) is 1.98. The molecule has 2 aromatic rings. The van der Waals surface area contributed by atoms with Crippen LogP contribution in [0.25, 0.3) is 11.0 Å². The number of H-pyrrole nitrogens is 1. The molecule has 1 saturated heterocycles. The van der Waals surface area contributed by atoms with Crippen molar-refractivity contribution >= 4 is 22.8 Å². The Kier molecular flexibility index (Phi) is 2.35. The summed E-state index contributed by atoms with van der Waals surface area (Å²) in [6, 6.07) is 2.66. The Morgan fingerprint density at radius 3 is 3.00 bits per heavy atom. The van der Waals surface area contributed by atoms with E-state index in [0.29, 0.717) is 11.4 Å². The summed E-state index contributed by atoms with van der Waals surface area (Å²) in [5.41, 5.74) is 0.692. The van der Waals surface area contributed by atoms with Crippen LogP contribution in [0.15, 0.2) is 12.1 Å². The molecule has 0 bridgehead atoms. The largest absolute Gasteiger partial charge is 0.342 e. The van der Waals surface area contributed by atoms with E-state index in [9.17, 15) is 8.78 Å². The van der Waals surface area contributed by atoms with Crippen LogP contribution >= 0.6 is 11.8 Å². The van der Waals surface area contributed by atoms with E-state index in [4.69, 9.17) is 0 Å². The van der Waals surface area contributed by atoms with Gasteiger partial charge in [-0.15, -0.1) is 0 Å². The van der Waals surface area contributed by atoms with Gasteiger partial charge in [0.1, 0.15) is 11.3 Å². The van der Waals surface area contributed by atoms with Crippen LogP contribution in [0.2, 0.25) is 0 Å². The first-order chi connectivity index (χ1) is 7.75. The molecule has 3 rings (SSSR count). The van der Waals surface area contributed by atoms with Gasteiger partial charge in [-0.05, 0) is 24.3 Å². The number of halogens is 2. The highest BCUT2D eigenvalue weighted by Gasteiger charge is 2.22. The van der Waals surface area contributed by atoms with Gasteiger partial charge in [-0.25, -0.2) is 13.8 Å². The average Bonchev–Trinajstić information content (AvgIpc) is 2.91. The molecule has 2 heterocycles. The van der Waals surface area contributed by atoms with Gasteiger partial charge in [-0.2, -0.15) is 11.8 Å². The Bertz CT molecular complexity index is 532. The van der Waals surface area contributed by atoms with Crippen molar-refractivity contribution in [2.45, 2.75) is 12.3 Å². The first kappa shape index (κ1) is 10.1. The molecule has 2 nitrogen and oxygen atoms in total. The molecular weight excluding hydrogens is 230 g/mol. The van der Waals surface area contributed by atoms with Crippen LogP contribution < -0.4 is 0 Å². The smallest absolute Gasteiger partial charge is 0.186 e. The van der Waals surface area contributed by atoms with Crippen LogP contribution in [0, 0.1) is 11.6 Å². The Hall–Kier alpha value is -1.10. The molecule has 1 unspecified atom stereocenters. The maximum Gasteiger partial charge on any atom is 0.186 e. The van der Waals surface area contributed by atoms with Crippen LogP contribution in [0.3, 0.4) is 0 Å². The zero-order valence-electron chi connectivity index (χ0n) is 8.46. The molecule has 1 aliphatic heterocycles. The van der Waals surface area contributed by atoms with E-state index in [1.807, 2.05) is 11.8 Å². The van der Waals surface area contributed by atoms with Gasteiger partial charge < -0.3 is 4.98 Å². The second-order valence-electron chi connectivity index (χ2n) is 3.94. The third-order valence-corrected chi connectivity index (χ3v) is 4.04. The lowest BCUT2D eigenvalue weighted by molar-refractivity contribution is 0.515. The zero-order chi connectivity index (χ0) is 11.1. The molecule has 0 spiro atoms. The van der Waals surface area contributed by atoms with Gasteiger partial charge in [0.25, 0.3) is 0 Å². The van der Waals surface area contributed by atoms with Crippen molar-refractivity contribution in [3.05, 3.63) is 29.6 Å². The minimum atomic E-state index is -0.856. The number of fused-ring (bicyclic) bond motifs is 1. The van der Waals surface area contributed by atoms with Gasteiger partial charge in [0.2, 0.25) is 0 Å². The van der Waals surface area contributed by atoms with Gasteiger partial charge in [-0.1, -0.05) is 0 Å². The molecule has 1 aliphatic rings. The number of hydrogen-bond acceptors (Lipinski definition) is 2. The number of aromatic nitrogens is 2. The van der Waals surface area contributed by atoms with E-state index in [1.54, 1.807) is 0 Å². The van der Waals surface area contributed by atoms with Crippen LogP contribution in [0.4, 0.5) is 8.78 Å². The number of aromatic amines is 1. The highest BCUT2D eigenvalue weighted by atomic mass is 32.2. The van der Waals surface area contributed by atoms with Crippen molar-refractivity contribution in [3.8, 4) is 0 Å². The molecule has 1 aromatic heterocycles. The molecule has 0 saturated carbocycles. The number of nitrogens with zero attached hydrogens (tertiary/aromatic N) is 1. The first-order valence-electron chi connectivity index (χ1n) is 5.17. The van der Waals surface area contributed by atoms with E-state index in [1.165, 1.54) is 6.07 Å². The predicted molar refractivity (Wildman–Crippen MR) is 60.7 cm³/mol. The molecule has 0 aliphatic carbocycles. The second-order valence-corrected chi connectivity index (χ2v) is 5.09. The zero-order valence-corrected chi connectivity index (χ0v) is 9.28. The van der Waals surface area contributed by atoms with Crippen molar-refractivity contribution < 1.29 is 8.78 Å². The second kappa shape index (κ2) is 3.73. The molecule has 5 heteroatoms. The van der Waals surface area contributed by atoms with E-state index in [-0.39, 0.29) is 5.52 Å². The number of rotatable bonds is 1. The molecule has 16 heavy (non-hydrogen) atoms. The highest BCUT2D eigenvalue weighted by Crippen LogP contribution is 2.32. The molecule has 84 valence electrons. The van der Waals surface area contributed by atoms with Crippen molar-refractivity contribution in [3.63, 3.8) is 0 Å². The van der Waals surface area contributed by atoms with Crippen LogP contribution in [-0.4, -0.2) is 21.5 Å². The van der Waals surface area contributed by atoms with E-state index in [2.05, 4.69) is 9.97 Å². The molecule has 1 N–H and O–H groups in total. The molecule has 0 amide bonds. The summed E-state index contributed by atoms with van der Waals surface area (Å²) in [5, 5.41) is 0. The summed E-state index contributed by atoms with van der Waals surface area (Å²) in [5.74, 6) is 1.55. The van der Waals surface area contributed by atoms with E-state index < -0.39 is 11.6 Å². The SMILES string of the molecule is Fc1ccc2[nH]c(C3CCSC3)nc2c1F. The number of imidazole rings is 1. The molecule has 1 atom stereocenters. The number of benzene rings is 1. The Balaban J connectivity index is 2.11.